The van der Waals surface area contributed by atoms with Crippen molar-refractivity contribution < 1.29 is 9.47 Å². The van der Waals surface area contributed by atoms with Gasteiger partial charge in [0.25, 0.3) is 0 Å². The van der Waals surface area contributed by atoms with E-state index in [2.05, 4.69) is 11.8 Å². The first kappa shape index (κ1) is 10.0. The lowest BCUT2D eigenvalue weighted by Gasteiger charge is -2.08. The van der Waals surface area contributed by atoms with Gasteiger partial charge in [-0.1, -0.05) is 24.0 Å². The van der Waals surface area contributed by atoms with Crippen LogP contribution in [0.3, 0.4) is 0 Å². The van der Waals surface area contributed by atoms with Crippen molar-refractivity contribution in [2.45, 2.75) is 0 Å². The molecule has 0 saturated heterocycles. The number of ether oxygens (including phenoxy) is 2. The summed E-state index contributed by atoms with van der Waals surface area (Å²) in [6.45, 7) is 0.437. The highest BCUT2D eigenvalue weighted by atomic mass is 16.5. The molecule has 0 N–H and O–H groups in total. The van der Waals surface area contributed by atoms with Crippen LogP contribution in [0.4, 0.5) is 0 Å². The molecule has 0 spiro atoms. The van der Waals surface area contributed by atoms with E-state index in [-0.39, 0.29) is 13.2 Å². The van der Waals surface area contributed by atoms with E-state index in [1.54, 1.807) is 12.1 Å². The largest absolute Gasteiger partial charge is 0.477 e. The standard InChI is InChI=1S/C12H10O2/c1-3-9-13-11-7-5-6-8-12(11)14-10-4-2/h1-2,5-8H,9-10H2. The average molecular weight is 186 g/mol. The first-order chi connectivity index (χ1) is 6.88. The summed E-state index contributed by atoms with van der Waals surface area (Å²) in [4.78, 5) is 0. The SMILES string of the molecule is C#CCOc1ccccc1OCC#C. The molecule has 0 saturated carbocycles. The smallest absolute Gasteiger partial charge is 0.162 e. The molecule has 70 valence electrons. The highest BCUT2D eigenvalue weighted by Gasteiger charge is 2.01. The van der Waals surface area contributed by atoms with E-state index in [4.69, 9.17) is 22.3 Å². The zero-order chi connectivity index (χ0) is 10.2. The predicted molar refractivity (Wildman–Crippen MR) is 55.1 cm³/mol. The number of para-hydroxylation sites is 2. The Morgan fingerprint density at radius 2 is 1.36 bits per heavy atom. The molecule has 0 heterocycles. The van der Waals surface area contributed by atoms with Gasteiger partial charge in [-0.15, -0.1) is 12.8 Å². The van der Waals surface area contributed by atoms with E-state index in [1.807, 2.05) is 12.1 Å². The van der Waals surface area contributed by atoms with E-state index < -0.39 is 0 Å². The van der Waals surface area contributed by atoms with Crippen molar-refractivity contribution >= 4 is 0 Å². The van der Waals surface area contributed by atoms with Crippen molar-refractivity contribution in [3.05, 3.63) is 24.3 Å². The second kappa shape index (κ2) is 5.56. The van der Waals surface area contributed by atoms with E-state index >= 15 is 0 Å². The summed E-state index contributed by atoms with van der Waals surface area (Å²) in [7, 11) is 0. The summed E-state index contributed by atoms with van der Waals surface area (Å²) in [6, 6.07) is 7.25. The minimum atomic E-state index is 0.219. The molecule has 0 fully saturated rings. The van der Waals surface area contributed by atoms with Crippen molar-refractivity contribution in [3.8, 4) is 36.2 Å². The van der Waals surface area contributed by atoms with Gasteiger partial charge >= 0.3 is 0 Å². The molecule has 0 bridgehead atoms. The van der Waals surface area contributed by atoms with Gasteiger partial charge in [-0.05, 0) is 12.1 Å². The minimum Gasteiger partial charge on any atom is -0.477 e. The van der Waals surface area contributed by atoms with Crippen LogP contribution in [0.1, 0.15) is 0 Å². The Kier molecular flexibility index (Phi) is 3.98. The van der Waals surface area contributed by atoms with Gasteiger partial charge in [-0.3, -0.25) is 0 Å². The van der Waals surface area contributed by atoms with Crippen molar-refractivity contribution in [2.75, 3.05) is 13.2 Å². The summed E-state index contributed by atoms with van der Waals surface area (Å²) in [5.74, 6) is 5.99. The normalized spacial score (nSPS) is 8.43. The maximum absolute atomic E-state index is 5.25. The first-order valence-electron chi connectivity index (χ1n) is 4.10. The van der Waals surface area contributed by atoms with Crippen molar-refractivity contribution in [2.24, 2.45) is 0 Å². The number of hydrogen-bond acceptors (Lipinski definition) is 2. The van der Waals surface area contributed by atoms with Gasteiger partial charge in [0.2, 0.25) is 0 Å². The molecule has 0 aromatic heterocycles. The Morgan fingerprint density at radius 1 is 0.929 bits per heavy atom. The number of benzene rings is 1. The topological polar surface area (TPSA) is 18.5 Å². The van der Waals surface area contributed by atoms with Gasteiger partial charge in [-0.25, -0.2) is 0 Å². The molecule has 1 rings (SSSR count). The molecule has 0 aliphatic heterocycles. The molecule has 0 amide bonds. The molecule has 0 unspecified atom stereocenters. The van der Waals surface area contributed by atoms with Crippen molar-refractivity contribution in [1.29, 1.82) is 0 Å². The highest BCUT2D eigenvalue weighted by molar-refractivity contribution is 5.39. The highest BCUT2D eigenvalue weighted by Crippen LogP contribution is 2.25. The van der Waals surface area contributed by atoms with Crippen LogP contribution in [0.5, 0.6) is 11.5 Å². The van der Waals surface area contributed by atoms with Gasteiger partial charge in [0.15, 0.2) is 11.5 Å². The van der Waals surface area contributed by atoms with E-state index in [0.29, 0.717) is 11.5 Å². The Bertz CT molecular complexity index is 332. The van der Waals surface area contributed by atoms with Gasteiger partial charge in [0.05, 0.1) is 0 Å². The van der Waals surface area contributed by atoms with E-state index in [1.165, 1.54) is 0 Å². The van der Waals surface area contributed by atoms with Crippen LogP contribution >= 0.6 is 0 Å². The molecule has 2 heteroatoms. The molecule has 0 aliphatic carbocycles. The van der Waals surface area contributed by atoms with Crippen LogP contribution in [0, 0.1) is 24.7 Å². The Balaban J connectivity index is 2.71. The Hall–Kier alpha value is -2.06. The van der Waals surface area contributed by atoms with Crippen molar-refractivity contribution in [1.82, 2.24) is 0 Å². The summed E-state index contributed by atoms with van der Waals surface area (Å²) in [5, 5.41) is 0. The van der Waals surface area contributed by atoms with E-state index in [9.17, 15) is 0 Å². The van der Waals surface area contributed by atoms with Gasteiger partial charge in [0, 0.05) is 0 Å². The number of rotatable bonds is 4. The maximum Gasteiger partial charge on any atom is 0.162 e. The predicted octanol–water partition coefficient (Wildman–Crippen LogP) is 1.71. The molecule has 0 atom stereocenters. The maximum atomic E-state index is 5.25. The molecule has 2 nitrogen and oxygen atoms in total. The first-order valence-corrected chi connectivity index (χ1v) is 4.10. The van der Waals surface area contributed by atoms with Crippen molar-refractivity contribution in [3.63, 3.8) is 0 Å². The fourth-order valence-electron chi connectivity index (χ4n) is 0.927. The molecule has 1 aromatic carbocycles. The second-order valence-electron chi connectivity index (χ2n) is 2.43. The summed E-state index contributed by atoms with van der Waals surface area (Å²) in [5.41, 5.74) is 0. The quantitative estimate of drug-likeness (QED) is 0.666. The molecule has 14 heavy (non-hydrogen) atoms. The zero-order valence-electron chi connectivity index (χ0n) is 7.69. The van der Waals surface area contributed by atoms with Gasteiger partial charge in [-0.2, -0.15) is 0 Å². The molecule has 0 aliphatic rings. The molecular weight excluding hydrogens is 176 g/mol. The Labute approximate surface area is 83.8 Å². The molecular formula is C12H10O2. The summed E-state index contributed by atoms with van der Waals surface area (Å²) < 4.78 is 10.5. The third-order valence-electron chi connectivity index (χ3n) is 1.47. The number of terminal acetylenes is 2. The van der Waals surface area contributed by atoms with Crippen LogP contribution in [0.25, 0.3) is 0 Å². The molecule has 1 aromatic rings. The van der Waals surface area contributed by atoms with E-state index in [0.717, 1.165) is 0 Å². The lowest BCUT2D eigenvalue weighted by molar-refractivity contribution is 0.314. The fourth-order valence-corrected chi connectivity index (χ4v) is 0.927. The van der Waals surface area contributed by atoms with Crippen LogP contribution in [-0.4, -0.2) is 13.2 Å². The van der Waals surface area contributed by atoms with Gasteiger partial charge in [0.1, 0.15) is 13.2 Å². The minimum absolute atomic E-state index is 0.219. The summed E-state index contributed by atoms with van der Waals surface area (Å²) in [6.07, 6.45) is 10.2. The third-order valence-corrected chi connectivity index (χ3v) is 1.47. The van der Waals surface area contributed by atoms with Crippen LogP contribution in [0.15, 0.2) is 24.3 Å². The van der Waals surface area contributed by atoms with Crippen LogP contribution < -0.4 is 9.47 Å². The number of hydrogen-bond donors (Lipinski definition) is 0. The summed E-state index contributed by atoms with van der Waals surface area (Å²) >= 11 is 0. The third kappa shape index (κ3) is 2.77. The second-order valence-corrected chi connectivity index (χ2v) is 2.43. The zero-order valence-corrected chi connectivity index (χ0v) is 7.69. The van der Waals surface area contributed by atoms with Crippen LogP contribution in [-0.2, 0) is 0 Å². The van der Waals surface area contributed by atoms with Gasteiger partial charge < -0.3 is 9.47 Å². The average Bonchev–Trinajstić information content (AvgIpc) is 2.24. The monoisotopic (exact) mass is 186 g/mol. The molecule has 0 radical (unpaired) electrons. The Morgan fingerprint density at radius 3 is 1.71 bits per heavy atom. The van der Waals surface area contributed by atoms with Crippen LogP contribution in [0.2, 0.25) is 0 Å². The lowest BCUT2D eigenvalue weighted by Crippen LogP contribution is -1.99. The lowest BCUT2D eigenvalue weighted by atomic mass is 10.3. The fraction of sp³-hybridized carbons (Fsp3) is 0.167.